The predicted octanol–water partition coefficient (Wildman–Crippen LogP) is 1.64. The van der Waals surface area contributed by atoms with Crippen LogP contribution in [0.2, 0.25) is 0 Å². The van der Waals surface area contributed by atoms with E-state index in [9.17, 15) is 0 Å². The minimum atomic E-state index is -0.139. The molecule has 0 atom stereocenters. The Morgan fingerprint density at radius 1 is 1.38 bits per heavy atom. The molecule has 0 unspecified atom stereocenters. The van der Waals surface area contributed by atoms with E-state index in [0.29, 0.717) is 0 Å². The highest BCUT2D eigenvalue weighted by molar-refractivity contribution is 5.85. The van der Waals surface area contributed by atoms with Crippen LogP contribution in [0.25, 0.3) is 0 Å². The Labute approximate surface area is 54.3 Å². The molecule has 0 aromatic heterocycles. The Balaban J connectivity index is 0.000000490. The molecule has 0 saturated carbocycles. The smallest absolute Gasteiger partial charge is 0.115 e. The second kappa shape index (κ2) is 2.22. The number of hydrogen-bond acceptors (Lipinski definition) is 3. The van der Waals surface area contributed by atoms with Gasteiger partial charge in [-0.2, -0.15) is 5.11 Å². The van der Waals surface area contributed by atoms with Gasteiger partial charge in [0.05, 0.1) is 6.21 Å². The molecule has 0 saturated heterocycles. The molecule has 4 heteroatoms. The van der Waals surface area contributed by atoms with Crippen molar-refractivity contribution in [2.45, 2.75) is 19.4 Å². The third-order valence-electron chi connectivity index (χ3n) is 0.728. The fourth-order valence-corrected chi connectivity index (χ4v) is 0.334. The molecule has 0 N–H and O–H groups in total. The Hall–Kier alpha value is -0.440. The standard InChI is InChI=1S/C4H7N3.ClH/c1-4(2)3-5-7-6-4;/h3H,1-2H3;1H. The summed E-state index contributed by atoms with van der Waals surface area (Å²) in [5.74, 6) is 0. The van der Waals surface area contributed by atoms with Gasteiger partial charge in [0.1, 0.15) is 5.54 Å². The second-order valence-corrected chi connectivity index (χ2v) is 2.09. The molecule has 1 aliphatic rings. The van der Waals surface area contributed by atoms with Crippen molar-refractivity contribution in [2.75, 3.05) is 0 Å². The molecular weight excluding hydrogens is 126 g/mol. The van der Waals surface area contributed by atoms with Crippen LogP contribution in [0, 0.1) is 0 Å². The number of nitrogens with zero attached hydrogens (tertiary/aromatic N) is 3. The fraction of sp³-hybridized carbons (Fsp3) is 0.750. The van der Waals surface area contributed by atoms with Gasteiger partial charge in [0.25, 0.3) is 0 Å². The van der Waals surface area contributed by atoms with E-state index >= 15 is 0 Å². The summed E-state index contributed by atoms with van der Waals surface area (Å²) in [6.45, 7) is 3.90. The normalized spacial score (nSPS) is 20.8. The zero-order chi connectivity index (χ0) is 5.33. The van der Waals surface area contributed by atoms with Crippen LogP contribution in [-0.2, 0) is 0 Å². The van der Waals surface area contributed by atoms with Crippen molar-refractivity contribution < 1.29 is 0 Å². The molecule has 0 bridgehead atoms. The van der Waals surface area contributed by atoms with E-state index in [1.165, 1.54) is 0 Å². The van der Waals surface area contributed by atoms with Crippen LogP contribution in [0.4, 0.5) is 0 Å². The molecule has 0 fully saturated rings. The van der Waals surface area contributed by atoms with Crippen molar-refractivity contribution in [3.05, 3.63) is 0 Å². The average Bonchev–Trinajstić information content (AvgIpc) is 1.84. The van der Waals surface area contributed by atoms with Crippen molar-refractivity contribution in [3.63, 3.8) is 0 Å². The van der Waals surface area contributed by atoms with Gasteiger partial charge in [-0.3, -0.25) is 0 Å². The average molecular weight is 134 g/mol. The first-order chi connectivity index (χ1) is 3.21. The largest absolute Gasteiger partial charge is 0.157 e. The van der Waals surface area contributed by atoms with Gasteiger partial charge in [0.15, 0.2) is 0 Å². The van der Waals surface area contributed by atoms with Crippen molar-refractivity contribution >= 4 is 18.6 Å². The maximum atomic E-state index is 3.77. The Morgan fingerprint density at radius 3 is 2.12 bits per heavy atom. The maximum Gasteiger partial charge on any atom is 0.115 e. The van der Waals surface area contributed by atoms with Crippen LogP contribution in [0.15, 0.2) is 15.4 Å². The van der Waals surface area contributed by atoms with E-state index < -0.39 is 0 Å². The molecular formula is C4H8ClN3. The molecule has 0 aromatic carbocycles. The fourth-order valence-electron chi connectivity index (χ4n) is 0.334. The predicted molar refractivity (Wildman–Crippen MR) is 34.7 cm³/mol. The van der Waals surface area contributed by atoms with Crippen molar-refractivity contribution in [2.24, 2.45) is 15.4 Å². The highest BCUT2D eigenvalue weighted by Gasteiger charge is 2.15. The Kier molecular flexibility index (Phi) is 2.10. The molecule has 0 spiro atoms. The summed E-state index contributed by atoms with van der Waals surface area (Å²) in [5, 5.41) is 10.8. The lowest BCUT2D eigenvalue weighted by atomic mass is 10.1. The molecule has 1 aliphatic heterocycles. The van der Waals surface area contributed by atoms with Gasteiger partial charge in [-0.1, -0.05) is 0 Å². The van der Waals surface area contributed by atoms with Gasteiger partial charge in [-0.05, 0) is 19.1 Å². The molecule has 1 heterocycles. The highest BCUT2D eigenvalue weighted by atomic mass is 35.5. The SMILES string of the molecule is CC1(C)C=NN=N1.Cl. The maximum absolute atomic E-state index is 3.77. The first kappa shape index (κ1) is 7.56. The summed E-state index contributed by atoms with van der Waals surface area (Å²) >= 11 is 0. The summed E-state index contributed by atoms with van der Waals surface area (Å²) in [4.78, 5) is 0. The molecule has 1 rings (SSSR count). The van der Waals surface area contributed by atoms with Gasteiger partial charge in [-0.15, -0.1) is 17.5 Å². The molecule has 3 nitrogen and oxygen atoms in total. The molecule has 46 valence electrons. The van der Waals surface area contributed by atoms with Crippen LogP contribution in [0.3, 0.4) is 0 Å². The van der Waals surface area contributed by atoms with Crippen molar-refractivity contribution in [1.82, 2.24) is 0 Å². The molecule has 8 heavy (non-hydrogen) atoms. The van der Waals surface area contributed by atoms with E-state index in [0.717, 1.165) is 0 Å². The number of hydrogen-bond donors (Lipinski definition) is 0. The van der Waals surface area contributed by atoms with Gasteiger partial charge in [-0.25, -0.2) is 0 Å². The third kappa shape index (κ3) is 1.58. The number of rotatable bonds is 0. The summed E-state index contributed by atoms with van der Waals surface area (Å²) in [7, 11) is 0. The summed E-state index contributed by atoms with van der Waals surface area (Å²) < 4.78 is 0. The zero-order valence-electron chi connectivity index (χ0n) is 4.83. The zero-order valence-corrected chi connectivity index (χ0v) is 5.64. The summed E-state index contributed by atoms with van der Waals surface area (Å²) in [6.07, 6.45) is 1.72. The van der Waals surface area contributed by atoms with E-state index in [1.807, 2.05) is 13.8 Å². The van der Waals surface area contributed by atoms with E-state index in [1.54, 1.807) is 6.21 Å². The second-order valence-electron chi connectivity index (χ2n) is 2.09. The molecule has 0 aromatic rings. The van der Waals surface area contributed by atoms with Crippen LogP contribution in [0.1, 0.15) is 13.8 Å². The Bertz CT molecular complexity index is 113. The topological polar surface area (TPSA) is 37.1 Å². The Morgan fingerprint density at radius 2 is 2.00 bits per heavy atom. The molecule has 0 radical (unpaired) electrons. The van der Waals surface area contributed by atoms with Gasteiger partial charge >= 0.3 is 0 Å². The van der Waals surface area contributed by atoms with Crippen LogP contribution < -0.4 is 0 Å². The highest BCUT2D eigenvalue weighted by Crippen LogP contribution is 2.10. The third-order valence-corrected chi connectivity index (χ3v) is 0.728. The monoisotopic (exact) mass is 133 g/mol. The van der Waals surface area contributed by atoms with E-state index in [2.05, 4.69) is 15.4 Å². The minimum absolute atomic E-state index is 0. The minimum Gasteiger partial charge on any atom is -0.157 e. The summed E-state index contributed by atoms with van der Waals surface area (Å²) in [6, 6.07) is 0. The van der Waals surface area contributed by atoms with E-state index in [4.69, 9.17) is 0 Å². The lowest BCUT2D eigenvalue weighted by molar-refractivity contribution is 0.692. The van der Waals surface area contributed by atoms with Crippen LogP contribution in [0.5, 0.6) is 0 Å². The van der Waals surface area contributed by atoms with Crippen LogP contribution in [-0.4, -0.2) is 11.8 Å². The number of halogens is 1. The first-order valence-corrected chi connectivity index (χ1v) is 2.17. The lowest BCUT2D eigenvalue weighted by Crippen LogP contribution is -2.13. The first-order valence-electron chi connectivity index (χ1n) is 2.17. The quantitative estimate of drug-likeness (QED) is 0.482. The van der Waals surface area contributed by atoms with Gasteiger partial charge in [0.2, 0.25) is 0 Å². The molecule has 0 amide bonds. The van der Waals surface area contributed by atoms with Crippen molar-refractivity contribution in [3.8, 4) is 0 Å². The lowest BCUT2D eigenvalue weighted by Gasteiger charge is -2.01. The van der Waals surface area contributed by atoms with Gasteiger partial charge < -0.3 is 0 Å². The molecule has 0 aliphatic carbocycles. The van der Waals surface area contributed by atoms with Gasteiger partial charge in [0, 0.05) is 0 Å². The van der Waals surface area contributed by atoms with E-state index in [-0.39, 0.29) is 17.9 Å². The van der Waals surface area contributed by atoms with Crippen LogP contribution >= 0.6 is 12.4 Å². The summed E-state index contributed by atoms with van der Waals surface area (Å²) in [5.41, 5.74) is -0.139. The van der Waals surface area contributed by atoms with Crippen molar-refractivity contribution in [1.29, 1.82) is 0 Å².